The number of rotatable bonds is 8. The summed E-state index contributed by atoms with van der Waals surface area (Å²) in [5, 5.41) is 2.14. The molecule has 5 nitrogen and oxygen atoms in total. The van der Waals surface area contributed by atoms with Gasteiger partial charge in [0.2, 0.25) is 5.91 Å². The van der Waals surface area contributed by atoms with Gasteiger partial charge in [-0.1, -0.05) is 6.92 Å². The number of nitrogens with one attached hydrogen (secondary N) is 1. The van der Waals surface area contributed by atoms with Crippen molar-refractivity contribution in [2.24, 2.45) is 5.73 Å². The smallest absolute Gasteiger partial charge is 0.235 e. The van der Waals surface area contributed by atoms with Gasteiger partial charge in [-0.2, -0.15) is 0 Å². The average Bonchev–Trinajstić information content (AvgIpc) is 2.27. The van der Waals surface area contributed by atoms with Crippen LogP contribution < -0.4 is 11.1 Å². The number of nitrogens with two attached hydrogens (primary N) is 1. The maximum atomic E-state index is 11.7. The summed E-state index contributed by atoms with van der Waals surface area (Å²) in [6.45, 7) is 4.49. The van der Waals surface area contributed by atoms with E-state index in [0.29, 0.717) is 18.9 Å². The molecule has 1 amide bonds. The molecular formula is C10H22N2O3S. The highest BCUT2D eigenvalue weighted by atomic mass is 32.2. The number of hydrogen-bond donors (Lipinski definition) is 2. The molecule has 0 fully saturated rings. The van der Waals surface area contributed by atoms with Crippen LogP contribution in [0.4, 0.5) is 0 Å². The van der Waals surface area contributed by atoms with Gasteiger partial charge in [0.1, 0.15) is 5.25 Å². The minimum atomic E-state index is -1.21. The molecule has 0 saturated carbocycles. The highest BCUT2D eigenvalue weighted by Crippen LogP contribution is 2.00. The molecule has 16 heavy (non-hydrogen) atoms. The molecule has 0 bridgehead atoms. The normalized spacial score (nSPS) is 16.5. The van der Waals surface area contributed by atoms with Gasteiger partial charge in [-0.05, 0) is 13.3 Å². The van der Waals surface area contributed by atoms with Crippen molar-refractivity contribution in [3.63, 3.8) is 0 Å². The summed E-state index contributed by atoms with van der Waals surface area (Å²) >= 11 is 0. The molecule has 3 N–H and O–H groups in total. The predicted molar refractivity (Wildman–Crippen MR) is 65.6 cm³/mol. The van der Waals surface area contributed by atoms with E-state index in [4.69, 9.17) is 10.5 Å². The second-order valence-electron chi connectivity index (χ2n) is 3.64. The first-order chi connectivity index (χ1) is 7.52. The van der Waals surface area contributed by atoms with E-state index >= 15 is 0 Å². The maximum Gasteiger partial charge on any atom is 0.235 e. The molecule has 96 valence electrons. The summed E-state index contributed by atoms with van der Waals surface area (Å²) in [7, 11) is 0.355. The van der Waals surface area contributed by atoms with Crippen LogP contribution in [0.1, 0.15) is 20.3 Å². The zero-order valence-corrected chi connectivity index (χ0v) is 11.0. The zero-order valence-electron chi connectivity index (χ0n) is 10.2. The minimum absolute atomic E-state index is 0.102. The minimum Gasteiger partial charge on any atom is -0.383 e. The highest BCUT2D eigenvalue weighted by molar-refractivity contribution is 7.86. The first-order valence-corrected chi connectivity index (χ1v) is 6.80. The van der Waals surface area contributed by atoms with Crippen LogP contribution in [-0.2, 0) is 20.3 Å². The Morgan fingerprint density at radius 3 is 2.69 bits per heavy atom. The monoisotopic (exact) mass is 250 g/mol. The second-order valence-corrected chi connectivity index (χ2v) is 5.44. The maximum absolute atomic E-state index is 11.7. The number of amides is 1. The van der Waals surface area contributed by atoms with E-state index in [9.17, 15) is 9.00 Å². The van der Waals surface area contributed by atoms with Gasteiger partial charge in [0, 0.05) is 36.2 Å². The highest BCUT2D eigenvalue weighted by Gasteiger charge is 2.20. The molecule has 0 heterocycles. The fourth-order valence-corrected chi connectivity index (χ4v) is 2.28. The first-order valence-electron chi connectivity index (χ1n) is 5.42. The third-order valence-electron chi connectivity index (χ3n) is 2.27. The van der Waals surface area contributed by atoms with Crippen LogP contribution in [0.3, 0.4) is 0 Å². The van der Waals surface area contributed by atoms with E-state index in [-0.39, 0.29) is 11.9 Å². The molecule has 0 radical (unpaired) electrons. The van der Waals surface area contributed by atoms with Gasteiger partial charge < -0.3 is 15.8 Å². The van der Waals surface area contributed by atoms with Gasteiger partial charge >= 0.3 is 0 Å². The lowest BCUT2D eigenvalue weighted by atomic mass is 10.3. The molecular weight excluding hydrogens is 228 g/mol. The molecule has 6 heteroatoms. The van der Waals surface area contributed by atoms with Crippen LogP contribution >= 0.6 is 0 Å². The molecule has 3 unspecified atom stereocenters. The van der Waals surface area contributed by atoms with Crippen LogP contribution in [0, 0.1) is 0 Å². The SMILES string of the molecule is CCC(N)CS(=O)C(C)C(=O)NCCOC. The van der Waals surface area contributed by atoms with Gasteiger partial charge in [-0.25, -0.2) is 0 Å². The van der Waals surface area contributed by atoms with Crippen molar-refractivity contribution in [3.8, 4) is 0 Å². The van der Waals surface area contributed by atoms with Gasteiger partial charge in [-0.15, -0.1) is 0 Å². The summed E-state index contributed by atoms with van der Waals surface area (Å²) in [6, 6.07) is -0.102. The van der Waals surface area contributed by atoms with Gasteiger partial charge in [0.05, 0.1) is 6.61 Å². The van der Waals surface area contributed by atoms with E-state index < -0.39 is 16.0 Å². The van der Waals surface area contributed by atoms with E-state index in [0.717, 1.165) is 6.42 Å². The Morgan fingerprint density at radius 1 is 1.56 bits per heavy atom. The first kappa shape index (κ1) is 15.5. The van der Waals surface area contributed by atoms with Crippen molar-refractivity contribution in [3.05, 3.63) is 0 Å². The third-order valence-corrected chi connectivity index (χ3v) is 4.03. The lowest BCUT2D eigenvalue weighted by molar-refractivity contribution is -0.120. The molecule has 0 aliphatic carbocycles. The second kappa shape index (κ2) is 8.66. The Kier molecular flexibility index (Phi) is 8.42. The number of carbonyl (C=O) groups is 1. The number of methoxy groups -OCH3 is 1. The van der Waals surface area contributed by atoms with Crippen molar-refractivity contribution in [2.75, 3.05) is 26.0 Å². The predicted octanol–water partition coefficient (Wildman–Crippen LogP) is -0.376. The average molecular weight is 250 g/mol. The molecule has 0 spiro atoms. The number of hydrogen-bond acceptors (Lipinski definition) is 4. The van der Waals surface area contributed by atoms with Crippen molar-refractivity contribution in [2.45, 2.75) is 31.6 Å². The summed E-state index contributed by atoms with van der Waals surface area (Å²) in [5.74, 6) is 0.161. The standard InChI is InChI=1S/C10H22N2O3S/c1-4-9(11)7-16(14)8(2)10(13)12-5-6-15-3/h8-9H,4-7,11H2,1-3H3,(H,12,13). The van der Waals surface area contributed by atoms with E-state index in [2.05, 4.69) is 5.32 Å². The van der Waals surface area contributed by atoms with E-state index in [1.807, 2.05) is 6.92 Å². The molecule has 3 atom stereocenters. The third kappa shape index (κ3) is 6.19. The van der Waals surface area contributed by atoms with E-state index in [1.165, 1.54) is 0 Å². The Hall–Kier alpha value is -0.460. The Morgan fingerprint density at radius 2 is 2.19 bits per heavy atom. The molecule has 0 aromatic heterocycles. The van der Waals surface area contributed by atoms with E-state index in [1.54, 1.807) is 14.0 Å². The lowest BCUT2D eigenvalue weighted by Gasteiger charge is -2.14. The van der Waals surface area contributed by atoms with Gasteiger partial charge in [-0.3, -0.25) is 9.00 Å². The number of carbonyl (C=O) groups excluding carboxylic acids is 1. The van der Waals surface area contributed by atoms with Gasteiger partial charge in [0.25, 0.3) is 0 Å². The van der Waals surface area contributed by atoms with Crippen LogP contribution in [0.15, 0.2) is 0 Å². The van der Waals surface area contributed by atoms with Crippen LogP contribution in [-0.4, -0.2) is 47.4 Å². The largest absolute Gasteiger partial charge is 0.383 e. The fraction of sp³-hybridized carbons (Fsp3) is 0.900. The quantitative estimate of drug-likeness (QED) is 0.576. The van der Waals surface area contributed by atoms with Crippen molar-refractivity contribution in [1.29, 1.82) is 0 Å². The zero-order chi connectivity index (χ0) is 12.6. The van der Waals surface area contributed by atoms with Crippen molar-refractivity contribution in [1.82, 2.24) is 5.32 Å². The molecule has 0 aromatic rings. The van der Waals surface area contributed by atoms with Gasteiger partial charge in [0.15, 0.2) is 0 Å². The Labute approximate surface area is 99.6 Å². The molecule has 0 saturated heterocycles. The molecule has 0 aliphatic rings. The van der Waals surface area contributed by atoms with Crippen LogP contribution in [0.2, 0.25) is 0 Å². The van der Waals surface area contributed by atoms with Crippen molar-refractivity contribution < 1.29 is 13.7 Å². The topological polar surface area (TPSA) is 81.4 Å². The summed E-state index contributed by atoms with van der Waals surface area (Å²) in [5.41, 5.74) is 5.69. The summed E-state index contributed by atoms with van der Waals surface area (Å²) in [4.78, 5) is 11.5. The van der Waals surface area contributed by atoms with Crippen molar-refractivity contribution >= 4 is 16.7 Å². The molecule has 0 rings (SSSR count). The molecule has 0 aromatic carbocycles. The fourth-order valence-electron chi connectivity index (χ4n) is 1.01. The summed E-state index contributed by atoms with van der Waals surface area (Å²) in [6.07, 6.45) is 0.768. The summed E-state index contributed by atoms with van der Waals surface area (Å²) < 4.78 is 16.5. The Bertz CT molecular complexity index is 236. The van der Waals surface area contributed by atoms with Crippen LogP contribution in [0.25, 0.3) is 0 Å². The van der Waals surface area contributed by atoms with Crippen LogP contribution in [0.5, 0.6) is 0 Å². The number of ether oxygens (including phenoxy) is 1. The Balaban J connectivity index is 3.96. The lowest BCUT2D eigenvalue weighted by Crippen LogP contribution is -2.40. The molecule has 0 aliphatic heterocycles.